The molecule has 7 rings (SSSR count). The lowest BCUT2D eigenvalue weighted by Gasteiger charge is -2.43. The van der Waals surface area contributed by atoms with E-state index < -0.39 is 47.4 Å². The molecule has 4 N–H and O–H groups in total. The molecule has 72 heavy (non-hydrogen) atoms. The summed E-state index contributed by atoms with van der Waals surface area (Å²) in [6, 6.07) is 13.3. The van der Waals surface area contributed by atoms with Crippen molar-refractivity contribution in [1.29, 1.82) is 0 Å². The highest BCUT2D eigenvalue weighted by Crippen LogP contribution is 2.46. The van der Waals surface area contributed by atoms with E-state index in [1.165, 1.54) is 33.2 Å². The molecular weight excluding hydrogens is 941 g/mol. The normalized spacial score (nSPS) is 16.7. The molecule has 0 radical (unpaired) electrons. The number of alkyl halides is 2. The lowest BCUT2D eigenvalue weighted by molar-refractivity contribution is -0.139. The number of carbonyl (C=O) groups is 6. The van der Waals surface area contributed by atoms with Gasteiger partial charge >= 0.3 is 0 Å². The van der Waals surface area contributed by atoms with Gasteiger partial charge in [-0.05, 0) is 24.1 Å². The fourth-order valence-electron chi connectivity index (χ4n) is 8.97. The third-order valence-electron chi connectivity index (χ3n) is 13.0. The summed E-state index contributed by atoms with van der Waals surface area (Å²) in [5, 5.41) is 19.8. The minimum absolute atomic E-state index is 0.0219. The minimum Gasteiger partial charge on any atom is -0.382 e. The molecule has 2 aromatic heterocycles. The Kier molecular flexibility index (Phi) is 18.4. The van der Waals surface area contributed by atoms with Gasteiger partial charge in [0.2, 0.25) is 11.8 Å². The van der Waals surface area contributed by atoms with E-state index in [2.05, 4.69) is 31.2 Å². The van der Waals surface area contributed by atoms with Gasteiger partial charge in [-0.2, -0.15) is 10.2 Å². The molecule has 1 aliphatic carbocycles. The molecule has 1 saturated heterocycles. The number of aromatic nitrogens is 4. The number of amides is 5. The molecular formula is C50H63F2N9O11. The van der Waals surface area contributed by atoms with Crippen molar-refractivity contribution in [3.63, 3.8) is 0 Å². The third kappa shape index (κ3) is 12.8. The summed E-state index contributed by atoms with van der Waals surface area (Å²) in [5.74, 6) is -5.28. The SMILES string of the molecule is CNC(=O)C(CCC=O)N1C(=O)c2cccc(NCCOCCOCCOCCOCCOCCC(=O)N3CC(C(c4ccccc4)n4cc(NC(=O)c5n[nH]c6c5CC(F)(F)C(C)(C)C6)cn4)C3)c2C1=O. The number of fused-ring (bicyclic) bond motifs is 2. The molecule has 0 bridgehead atoms. The van der Waals surface area contributed by atoms with Crippen molar-refractivity contribution >= 4 is 47.2 Å². The Morgan fingerprint density at radius 2 is 1.51 bits per heavy atom. The highest BCUT2D eigenvalue weighted by Gasteiger charge is 2.52. The number of carbonyl (C=O) groups excluding carboxylic acids is 6. The number of H-pyrrole nitrogens is 1. The highest BCUT2D eigenvalue weighted by atomic mass is 19.3. The minimum atomic E-state index is -2.99. The fraction of sp³-hybridized carbons (Fsp3) is 0.520. The second-order valence-corrected chi connectivity index (χ2v) is 18.4. The van der Waals surface area contributed by atoms with E-state index in [1.54, 1.807) is 27.9 Å². The Balaban J connectivity index is 0.706. The zero-order valence-corrected chi connectivity index (χ0v) is 40.8. The molecule has 388 valence electrons. The molecule has 3 aliphatic rings. The first-order chi connectivity index (χ1) is 34.7. The second kappa shape index (κ2) is 24.8. The first kappa shape index (κ1) is 53.3. The summed E-state index contributed by atoms with van der Waals surface area (Å²) < 4.78 is 59.5. The zero-order chi connectivity index (χ0) is 51.3. The predicted molar refractivity (Wildman–Crippen MR) is 257 cm³/mol. The van der Waals surface area contributed by atoms with Crippen molar-refractivity contribution in [2.45, 2.75) is 64.0 Å². The first-order valence-electron chi connectivity index (χ1n) is 24.2. The van der Waals surface area contributed by atoms with Gasteiger partial charge in [-0.15, -0.1) is 0 Å². The highest BCUT2D eigenvalue weighted by molar-refractivity contribution is 6.25. The molecule has 0 spiro atoms. The number of ether oxygens (including phenoxy) is 5. The monoisotopic (exact) mass is 1000 g/mol. The van der Waals surface area contributed by atoms with Gasteiger partial charge in [0.1, 0.15) is 12.3 Å². The zero-order valence-electron chi connectivity index (χ0n) is 40.8. The van der Waals surface area contributed by atoms with E-state index in [0.717, 1.165) is 10.5 Å². The summed E-state index contributed by atoms with van der Waals surface area (Å²) in [7, 11) is 1.41. The van der Waals surface area contributed by atoms with E-state index >= 15 is 0 Å². The Hall–Kier alpha value is -6.46. The van der Waals surface area contributed by atoms with E-state index in [-0.39, 0.29) is 72.5 Å². The Morgan fingerprint density at radius 1 is 0.861 bits per heavy atom. The van der Waals surface area contributed by atoms with Crippen LogP contribution < -0.4 is 16.0 Å². The first-order valence-corrected chi connectivity index (χ1v) is 24.2. The van der Waals surface area contributed by atoms with Crippen LogP contribution in [-0.4, -0.2) is 170 Å². The Bertz CT molecular complexity index is 2510. The van der Waals surface area contributed by atoms with E-state index in [0.29, 0.717) is 102 Å². The lowest BCUT2D eigenvalue weighted by atomic mass is 9.73. The fourth-order valence-corrected chi connectivity index (χ4v) is 8.97. The van der Waals surface area contributed by atoms with Gasteiger partial charge in [0.25, 0.3) is 23.6 Å². The van der Waals surface area contributed by atoms with Gasteiger partial charge in [-0.3, -0.25) is 38.7 Å². The number of likely N-dealkylation sites (tertiary alicyclic amines) is 1. The van der Waals surface area contributed by atoms with Crippen LogP contribution >= 0.6 is 0 Å². The van der Waals surface area contributed by atoms with Gasteiger partial charge in [0.05, 0.1) is 102 Å². The molecule has 4 aromatic rings. The van der Waals surface area contributed by atoms with Gasteiger partial charge in [-0.1, -0.05) is 50.2 Å². The van der Waals surface area contributed by atoms with Gasteiger partial charge in [-0.25, -0.2) is 8.78 Å². The number of aldehydes is 1. The van der Waals surface area contributed by atoms with Crippen LogP contribution in [0, 0.1) is 11.3 Å². The molecule has 2 aliphatic heterocycles. The number of nitrogens with zero attached hydrogens (tertiary/aromatic N) is 5. The van der Waals surface area contributed by atoms with Crippen LogP contribution in [0.3, 0.4) is 0 Å². The van der Waals surface area contributed by atoms with Crippen molar-refractivity contribution in [2.75, 3.05) is 103 Å². The number of hydrogen-bond acceptors (Lipinski definition) is 14. The molecule has 20 nitrogen and oxygen atoms in total. The molecule has 22 heteroatoms. The molecule has 2 atom stereocenters. The number of likely N-dealkylation sites (N-methyl/N-ethyl adjacent to an activating group) is 1. The van der Waals surface area contributed by atoms with Gasteiger partial charge in [0, 0.05) is 80.4 Å². The van der Waals surface area contributed by atoms with E-state index in [1.807, 2.05) is 30.3 Å². The number of hydrogen-bond donors (Lipinski definition) is 4. The number of nitrogens with one attached hydrogen (secondary N) is 4. The lowest BCUT2D eigenvalue weighted by Crippen LogP contribution is -2.53. The topological polar surface area (TPSA) is 238 Å². The summed E-state index contributed by atoms with van der Waals surface area (Å²) in [6.45, 7) is 7.73. The maximum Gasteiger partial charge on any atom is 0.276 e. The standard InChI is InChI=1S/C50H63F2N9O11/c1-49(2)28-39-37(27-50(49,51)52)43(58-57-39)46(65)56-35-29-55-60(32-35)44(33-9-5-4-6-10-33)34-30-59(31-34)41(63)14-17-68-19-21-70-23-25-72-26-24-71-22-20-69-18-15-54-38-12-7-11-36-42(38)48(67)61(47(36)66)40(13-8-16-62)45(64)53-3/h4-7,9-12,16,29,32,34,40,44,54H,8,13-15,17-28,30-31H2,1-3H3,(H,53,64)(H,56,65)(H,57,58). The number of rotatable bonds is 29. The molecule has 1 fully saturated rings. The van der Waals surface area contributed by atoms with Crippen molar-refractivity contribution < 1.29 is 61.2 Å². The largest absolute Gasteiger partial charge is 0.382 e. The van der Waals surface area contributed by atoms with Crippen molar-refractivity contribution in [1.82, 2.24) is 35.1 Å². The van der Waals surface area contributed by atoms with Crippen LogP contribution in [0.15, 0.2) is 60.9 Å². The number of anilines is 2. The van der Waals surface area contributed by atoms with Crippen molar-refractivity contribution in [2.24, 2.45) is 11.3 Å². The smallest absolute Gasteiger partial charge is 0.276 e. The van der Waals surface area contributed by atoms with E-state index in [9.17, 15) is 37.5 Å². The molecule has 2 unspecified atom stereocenters. The summed E-state index contributed by atoms with van der Waals surface area (Å²) in [6.07, 6.45) is 3.64. The van der Waals surface area contributed by atoms with Crippen LogP contribution in [0.1, 0.15) is 87.2 Å². The van der Waals surface area contributed by atoms with Crippen LogP contribution in [0.5, 0.6) is 0 Å². The van der Waals surface area contributed by atoms with Crippen molar-refractivity contribution in [3.8, 4) is 0 Å². The second-order valence-electron chi connectivity index (χ2n) is 18.4. The molecule has 4 heterocycles. The summed E-state index contributed by atoms with van der Waals surface area (Å²) in [5.41, 5.74) is 1.64. The number of imide groups is 1. The van der Waals surface area contributed by atoms with Crippen LogP contribution in [-0.2, 0) is 50.9 Å². The summed E-state index contributed by atoms with van der Waals surface area (Å²) >= 11 is 0. The maximum absolute atomic E-state index is 14.9. The number of aromatic amines is 1. The quantitative estimate of drug-likeness (QED) is 0.0343. The average molecular weight is 1000 g/mol. The maximum atomic E-state index is 14.9. The third-order valence-corrected chi connectivity index (χ3v) is 13.0. The van der Waals surface area contributed by atoms with Gasteiger partial charge in [0.15, 0.2) is 5.69 Å². The Morgan fingerprint density at radius 3 is 2.17 bits per heavy atom. The molecule has 5 amide bonds. The number of benzene rings is 2. The molecule has 0 saturated carbocycles. The van der Waals surface area contributed by atoms with Crippen LogP contribution in [0.25, 0.3) is 0 Å². The van der Waals surface area contributed by atoms with Crippen LogP contribution in [0.4, 0.5) is 20.2 Å². The van der Waals surface area contributed by atoms with E-state index in [4.69, 9.17) is 23.7 Å². The summed E-state index contributed by atoms with van der Waals surface area (Å²) in [4.78, 5) is 78.9. The van der Waals surface area contributed by atoms with Crippen molar-refractivity contribution in [3.05, 3.63) is 94.6 Å². The molecule has 2 aromatic carbocycles. The Labute approximate surface area is 415 Å². The average Bonchev–Trinajstić information content (AvgIpc) is 4.04. The predicted octanol–water partition coefficient (Wildman–Crippen LogP) is 3.94. The van der Waals surface area contributed by atoms with Crippen LogP contribution in [0.2, 0.25) is 0 Å². The number of halogens is 2. The van der Waals surface area contributed by atoms with Gasteiger partial charge < -0.3 is 49.3 Å².